The minimum Gasteiger partial charge on any atom is -0.481 e. The smallest absolute Gasteiger partial charge is 0.263 e. The predicted molar refractivity (Wildman–Crippen MR) is 72.0 cm³/mol. The summed E-state index contributed by atoms with van der Waals surface area (Å²) in [5.74, 6) is 0.752. The Morgan fingerprint density at radius 3 is 2.44 bits per heavy atom. The van der Waals surface area contributed by atoms with E-state index in [0.717, 1.165) is 25.9 Å². The number of piperidine rings is 1. The number of nitrogens with zero attached hydrogens (tertiary/aromatic N) is 1. The number of benzene rings is 1. The first-order valence-corrected chi connectivity index (χ1v) is 6.75. The number of carbonyl (C=O) groups is 1. The molecule has 2 rings (SSSR count). The van der Waals surface area contributed by atoms with E-state index >= 15 is 0 Å². The lowest BCUT2D eigenvalue weighted by atomic mass is 10.1. The second-order valence-corrected chi connectivity index (χ2v) is 5.04. The number of carbonyl (C=O) groups excluding carboxylic acids is 1. The highest BCUT2D eigenvalue weighted by Gasteiger charge is 2.23. The van der Waals surface area contributed by atoms with E-state index in [-0.39, 0.29) is 5.91 Å². The Hall–Kier alpha value is -1.22. The first-order valence-electron chi connectivity index (χ1n) is 6.38. The zero-order valence-electron chi connectivity index (χ0n) is 10.6. The molecule has 1 aromatic rings. The van der Waals surface area contributed by atoms with Crippen LogP contribution in [0.5, 0.6) is 5.75 Å². The lowest BCUT2D eigenvalue weighted by molar-refractivity contribution is -0.138. The van der Waals surface area contributed by atoms with Crippen LogP contribution < -0.4 is 4.74 Å². The average Bonchev–Trinajstić information content (AvgIpc) is 2.41. The third kappa shape index (κ3) is 3.39. The van der Waals surface area contributed by atoms with Gasteiger partial charge in [-0.25, -0.2) is 0 Å². The largest absolute Gasteiger partial charge is 0.481 e. The zero-order chi connectivity index (χ0) is 13.0. The number of likely N-dealkylation sites (tertiary alicyclic amines) is 1. The molecule has 0 N–H and O–H groups in total. The van der Waals surface area contributed by atoms with Gasteiger partial charge < -0.3 is 9.64 Å². The normalized spacial score (nSPS) is 17.3. The van der Waals surface area contributed by atoms with Crippen LogP contribution in [0, 0.1) is 0 Å². The minimum absolute atomic E-state index is 0.0738. The SMILES string of the molecule is CC(Oc1ccc(Cl)cc1)C(=O)N1CCCCC1. The number of ether oxygens (including phenoxy) is 1. The molecule has 1 saturated heterocycles. The van der Waals surface area contributed by atoms with Crippen LogP contribution in [-0.2, 0) is 4.79 Å². The molecule has 1 unspecified atom stereocenters. The molecular formula is C14H18ClNO2. The Balaban J connectivity index is 1.92. The van der Waals surface area contributed by atoms with Crippen LogP contribution in [0.15, 0.2) is 24.3 Å². The molecular weight excluding hydrogens is 250 g/mol. The molecule has 3 nitrogen and oxygen atoms in total. The van der Waals surface area contributed by atoms with Crippen molar-refractivity contribution < 1.29 is 9.53 Å². The summed E-state index contributed by atoms with van der Waals surface area (Å²) in [6.07, 6.45) is 2.97. The van der Waals surface area contributed by atoms with Crippen molar-refractivity contribution in [3.8, 4) is 5.75 Å². The lowest BCUT2D eigenvalue weighted by Gasteiger charge is -2.29. The molecule has 1 amide bonds. The molecule has 0 aliphatic carbocycles. The molecule has 1 aliphatic heterocycles. The van der Waals surface area contributed by atoms with Crippen LogP contribution in [0.2, 0.25) is 5.02 Å². The van der Waals surface area contributed by atoms with E-state index in [2.05, 4.69) is 0 Å². The van der Waals surface area contributed by atoms with E-state index in [1.54, 1.807) is 31.2 Å². The molecule has 0 spiro atoms. The summed E-state index contributed by atoms with van der Waals surface area (Å²) in [4.78, 5) is 14.0. The van der Waals surface area contributed by atoms with Crippen LogP contribution in [0.3, 0.4) is 0 Å². The maximum absolute atomic E-state index is 12.1. The maximum atomic E-state index is 12.1. The van der Waals surface area contributed by atoms with Crippen LogP contribution >= 0.6 is 11.6 Å². The van der Waals surface area contributed by atoms with E-state index in [1.807, 2.05) is 4.90 Å². The van der Waals surface area contributed by atoms with Gasteiger partial charge in [0.15, 0.2) is 6.10 Å². The highest BCUT2D eigenvalue weighted by Crippen LogP contribution is 2.18. The van der Waals surface area contributed by atoms with Crippen LogP contribution in [-0.4, -0.2) is 30.0 Å². The van der Waals surface area contributed by atoms with Crippen LogP contribution in [0.25, 0.3) is 0 Å². The fourth-order valence-corrected chi connectivity index (χ4v) is 2.27. The van der Waals surface area contributed by atoms with E-state index in [0.29, 0.717) is 10.8 Å². The Labute approximate surface area is 113 Å². The molecule has 0 radical (unpaired) electrons. The van der Waals surface area contributed by atoms with E-state index < -0.39 is 6.10 Å². The number of halogens is 1. The first-order chi connectivity index (χ1) is 8.66. The molecule has 0 aromatic heterocycles. The minimum atomic E-state index is -0.440. The van der Waals surface area contributed by atoms with Gasteiger partial charge in [0.1, 0.15) is 5.75 Å². The van der Waals surface area contributed by atoms with Crippen LogP contribution in [0.1, 0.15) is 26.2 Å². The van der Waals surface area contributed by atoms with E-state index in [4.69, 9.17) is 16.3 Å². The zero-order valence-corrected chi connectivity index (χ0v) is 11.3. The first kappa shape index (κ1) is 13.2. The topological polar surface area (TPSA) is 29.5 Å². The van der Waals surface area contributed by atoms with Crippen molar-refractivity contribution in [3.05, 3.63) is 29.3 Å². The molecule has 1 aromatic carbocycles. The summed E-state index contributed by atoms with van der Waals surface area (Å²) >= 11 is 5.80. The summed E-state index contributed by atoms with van der Waals surface area (Å²) in [6.45, 7) is 3.51. The summed E-state index contributed by atoms with van der Waals surface area (Å²) in [6, 6.07) is 7.08. The van der Waals surface area contributed by atoms with E-state index in [9.17, 15) is 4.79 Å². The Kier molecular flexibility index (Phi) is 4.48. The van der Waals surface area contributed by atoms with Crippen molar-refractivity contribution in [2.75, 3.05) is 13.1 Å². The monoisotopic (exact) mass is 267 g/mol. The van der Waals surface area contributed by atoms with Gasteiger partial charge in [0.05, 0.1) is 0 Å². The van der Waals surface area contributed by atoms with Gasteiger partial charge >= 0.3 is 0 Å². The molecule has 4 heteroatoms. The van der Waals surface area contributed by atoms with E-state index in [1.165, 1.54) is 6.42 Å². The maximum Gasteiger partial charge on any atom is 0.263 e. The summed E-state index contributed by atoms with van der Waals surface area (Å²) < 4.78 is 5.63. The van der Waals surface area contributed by atoms with Gasteiger partial charge in [0.2, 0.25) is 0 Å². The molecule has 18 heavy (non-hydrogen) atoms. The molecule has 1 atom stereocenters. The highest BCUT2D eigenvalue weighted by molar-refractivity contribution is 6.30. The molecule has 98 valence electrons. The molecule has 1 aliphatic rings. The Morgan fingerprint density at radius 2 is 1.83 bits per heavy atom. The summed E-state index contributed by atoms with van der Waals surface area (Å²) in [5, 5.41) is 0.664. The fourth-order valence-electron chi connectivity index (χ4n) is 2.14. The number of rotatable bonds is 3. The summed E-state index contributed by atoms with van der Waals surface area (Å²) in [5.41, 5.74) is 0. The lowest BCUT2D eigenvalue weighted by Crippen LogP contribution is -2.43. The van der Waals surface area contributed by atoms with Gasteiger partial charge in [-0.15, -0.1) is 0 Å². The fraction of sp³-hybridized carbons (Fsp3) is 0.500. The average molecular weight is 268 g/mol. The van der Waals surface area contributed by atoms with Gasteiger partial charge in [-0.1, -0.05) is 11.6 Å². The molecule has 1 fully saturated rings. The summed E-state index contributed by atoms with van der Waals surface area (Å²) in [7, 11) is 0. The van der Waals surface area contributed by atoms with Crippen molar-refractivity contribution in [1.29, 1.82) is 0 Å². The van der Waals surface area contributed by atoms with Crippen molar-refractivity contribution >= 4 is 17.5 Å². The molecule has 0 bridgehead atoms. The third-order valence-corrected chi connectivity index (χ3v) is 3.39. The van der Waals surface area contributed by atoms with Gasteiger partial charge in [-0.3, -0.25) is 4.79 Å². The number of amides is 1. The quantitative estimate of drug-likeness (QED) is 0.842. The van der Waals surface area contributed by atoms with Crippen molar-refractivity contribution in [1.82, 2.24) is 4.90 Å². The van der Waals surface area contributed by atoms with Crippen molar-refractivity contribution in [3.63, 3.8) is 0 Å². The molecule has 0 saturated carbocycles. The molecule has 1 heterocycles. The standard InChI is InChI=1S/C14H18ClNO2/c1-11(14(17)16-9-3-2-4-10-16)18-13-7-5-12(15)6-8-13/h5-8,11H,2-4,9-10H2,1H3. The third-order valence-electron chi connectivity index (χ3n) is 3.14. The van der Waals surface area contributed by atoms with Gasteiger partial charge in [0.25, 0.3) is 5.91 Å². The van der Waals surface area contributed by atoms with Gasteiger partial charge in [-0.05, 0) is 50.5 Å². The van der Waals surface area contributed by atoms with Crippen molar-refractivity contribution in [2.45, 2.75) is 32.3 Å². The predicted octanol–water partition coefficient (Wildman–Crippen LogP) is 3.12. The Morgan fingerprint density at radius 1 is 1.22 bits per heavy atom. The second-order valence-electron chi connectivity index (χ2n) is 4.60. The van der Waals surface area contributed by atoms with Crippen LogP contribution in [0.4, 0.5) is 0 Å². The number of hydrogen-bond acceptors (Lipinski definition) is 2. The van der Waals surface area contributed by atoms with Gasteiger partial charge in [-0.2, -0.15) is 0 Å². The van der Waals surface area contributed by atoms with Crippen molar-refractivity contribution in [2.24, 2.45) is 0 Å². The highest BCUT2D eigenvalue weighted by atomic mass is 35.5. The Bertz CT molecular complexity index is 399. The second kappa shape index (κ2) is 6.10. The van der Waals surface area contributed by atoms with Gasteiger partial charge in [0, 0.05) is 18.1 Å². The number of hydrogen-bond donors (Lipinski definition) is 0.